The van der Waals surface area contributed by atoms with Crippen LogP contribution in [0.25, 0.3) is 0 Å². The van der Waals surface area contributed by atoms with E-state index in [9.17, 15) is 5.11 Å². The van der Waals surface area contributed by atoms with Crippen molar-refractivity contribution in [3.05, 3.63) is 0 Å². The van der Waals surface area contributed by atoms with Crippen molar-refractivity contribution in [3.8, 4) is 0 Å². The number of aliphatic hydroxyl groups is 1. The highest BCUT2D eigenvalue weighted by Crippen LogP contribution is 2.15. The van der Waals surface area contributed by atoms with Gasteiger partial charge in [0.1, 0.15) is 0 Å². The van der Waals surface area contributed by atoms with E-state index in [1.54, 1.807) is 0 Å². The zero-order valence-corrected chi connectivity index (χ0v) is 12.5. The van der Waals surface area contributed by atoms with Crippen LogP contribution in [0.2, 0.25) is 0 Å². The zero-order valence-electron chi connectivity index (χ0n) is 12.5. The molecule has 1 heterocycles. The van der Waals surface area contributed by atoms with Crippen molar-refractivity contribution < 1.29 is 5.11 Å². The quantitative estimate of drug-likeness (QED) is 0.706. The minimum Gasteiger partial charge on any atom is -0.390 e. The number of nitrogens with one attached hydrogen (secondary N) is 1. The minimum atomic E-state index is -0.262. The van der Waals surface area contributed by atoms with Crippen LogP contribution >= 0.6 is 0 Å². The summed E-state index contributed by atoms with van der Waals surface area (Å²) in [7, 11) is 2.14. The largest absolute Gasteiger partial charge is 0.390 e. The van der Waals surface area contributed by atoms with Crippen LogP contribution < -0.4 is 5.32 Å². The van der Waals surface area contributed by atoms with Crippen LogP contribution in [0.3, 0.4) is 0 Å². The second-order valence-corrected chi connectivity index (χ2v) is 5.82. The third kappa shape index (κ3) is 5.65. The van der Waals surface area contributed by atoms with Gasteiger partial charge in [-0.15, -0.1) is 0 Å². The molecule has 18 heavy (non-hydrogen) atoms. The SMILES string of the molecule is CCN1CCC(N(C)CC(O)CNC(C)C)CC1. The van der Waals surface area contributed by atoms with Gasteiger partial charge in [0.15, 0.2) is 0 Å². The number of piperidine rings is 1. The van der Waals surface area contributed by atoms with Crippen molar-refractivity contribution in [1.82, 2.24) is 15.1 Å². The van der Waals surface area contributed by atoms with E-state index in [1.807, 2.05) is 0 Å². The summed E-state index contributed by atoms with van der Waals surface area (Å²) in [5.41, 5.74) is 0. The van der Waals surface area contributed by atoms with Gasteiger partial charge in [-0.1, -0.05) is 20.8 Å². The second kappa shape index (κ2) is 8.10. The van der Waals surface area contributed by atoms with Crippen LogP contribution in [0.5, 0.6) is 0 Å². The van der Waals surface area contributed by atoms with E-state index in [0.717, 1.165) is 13.1 Å². The molecule has 108 valence electrons. The van der Waals surface area contributed by atoms with Gasteiger partial charge >= 0.3 is 0 Å². The maximum atomic E-state index is 9.98. The summed E-state index contributed by atoms with van der Waals surface area (Å²) in [6, 6.07) is 1.08. The molecule has 0 spiro atoms. The summed E-state index contributed by atoms with van der Waals surface area (Å²) in [5.74, 6) is 0. The molecule has 4 nitrogen and oxygen atoms in total. The standard InChI is InChI=1S/C14H31N3O/c1-5-17-8-6-13(7-9-17)16(4)11-14(18)10-15-12(2)3/h12-15,18H,5-11H2,1-4H3. The average molecular weight is 257 g/mol. The van der Waals surface area contributed by atoms with Crippen LogP contribution in [-0.2, 0) is 0 Å². The third-order valence-corrected chi connectivity index (χ3v) is 3.89. The highest BCUT2D eigenvalue weighted by atomic mass is 16.3. The molecular weight excluding hydrogens is 226 g/mol. The Morgan fingerprint density at radius 3 is 2.44 bits per heavy atom. The predicted molar refractivity (Wildman–Crippen MR) is 76.9 cm³/mol. The number of rotatable bonds is 7. The van der Waals surface area contributed by atoms with Crippen LogP contribution in [0.1, 0.15) is 33.6 Å². The van der Waals surface area contributed by atoms with Crippen molar-refractivity contribution in [2.45, 2.75) is 51.8 Å². The van der Waals surface area contributed by atoms with E-state index in [-0.39, 0.29) is 6.10 Å². The summed E-state index contributed by atoms with van der Waals surface area (Å²) >= 11 is 0. The monoisotopic (exact) mass is 257 g/mol. The molecule has 0 aromatic heterocycles. The van der Waals surface area contributed by atoms with Gasteiger partial charge in [-0.25, -0.2) is 0 Å². The van der Waals surface area contributed by atoms with Crippen molar-refractivity contribution in [2.24, 2.45) is 0 Å². The van der Waals surface area contributed by atoms with Gasteiger partial charge in [0.05, 0.1) is 6.10 Å². The molecule has 1 unspecified atom stereocenters. The molecule has 0 amide bonds. The molecule has 0 aliphatic carbocycles. The molecule has 1 rings (SSSR count). The molecule has 1 fully saturated rings. The number of hydrogen-bond donors (Lipinski definition) is 2. The Kier molecular flexibility index (Phi) is 7.15. The van der Waals surface area contributed by atoms with E-state index in [1.165, 1.54) is 25.9 Å². The first-order chi connectivity index (χ1) is 8.52. The van der Waals surface area contributed by atoms with Gasteiger partial charge in [-0.2, -0.15) is 0 Å². The summed E-state index contributed by atoms with van der Waals surface area (Å²) in [5, 5.41) is 13.3. The molecule has 1 saturated heterocycles. The maximum absolute atomic E-state index is 9.98. The molecule has 0 radical (unpaired) electrons. The van der Waals surface area contributed by atoms with E-state index >= 15 is 0 Å². The van der Waals surface area contributed by atoms with Gasteiger partial charge < -0.3 is 20.2 Å². The van der Waals surface area contributed by atoms with E-state index in [2.05, 4.69) is 42.9 Å². The number of hydrogen-bond acceptors (Lipinski definition) is 4. The van der Waals surface area contributed by atoms with E-state index in [0.29, 0.717) is 18.6 Å². The number of likely N-dealkylation sites (tertiary alicyclic amines) is 1. The van der Waals surface area contributed by atoms with Gasteiger partial charge in [0.25, 0.3) is 0 Å². The van der Waals surface area contributed by atoms with Crippen molar-refractivity contribution in [3.63, 3.8) is 0 Å². The molecule has 1 aliphatic heterocycles. The molecule has 2 N–H and O–H groups in total. The normalized spacial score (nSPS) is 20.8. The fourth-order valence-corrected chi connectivity index (χ4v) is 2.59. The summed E-state index contributed by atoms with van der Waals surface area (Å²) in [4.78, 5) is 4.83. The lowest BCUT2D eigenvalue weighted by molar-refractivity contribution is 0.0738. The van der Waals surface area contributed by atoms with Crippen LogP contribution in [0, 0.1) is 0 Å². The average Bonchev–Trinajstić information content (AvgIpc) is 2.36. The first-order valence-electron chi connectivity index (χ1n) is 7.37. The number of likely N-dealkylation sites (N-methyl/N-ethyl adjacent to an activating group) is 1. The Balaban J connectivity index is 2.22. The topological polar surface area (TPSA) is 38.7 Å². The fourth-order valence-electron chi connectivity index (χ4n) is 2.59. The molecule has 0 aromatic carbocycles. The number of aliphatic hydroxyl groups excluding tert-OH is 1. The Bertz CT molecular complexity index is 215. The van der Waals surface area contributed by atoms with Gasteiger partial charge in [0, 0.05) is 25.2 Å². The molecule has 0 bridgehead atoms. The smallest absolute Gasteiger partial charge is 0.0791 e. The summed E-state index contributed by atoms with van der Waals surface area (Å²) in [6.45, 7) is 11.5. The second-order valence-electron chi connectivity index (χ2n) is 5.82. The lowest BCUT2D eigenvalue weighted by Crippen LogP contribution is -2.47. The summed E-state index contributed by atoms with van der Waals surface area (Å²) < 4.78 is 0. The molecule has 0 aromatic rings. The van der Waals surface area contributed by atoms with Crippen LogP contribution in [0.4, 0.5) is 0 Å². The fraction of sp³-hybridized carbons (Fsp3) is 1.00. The summed E-state index contributed by atoms with van der Waals surface area (Å²) in [6.07, 6.45) is 2.20. The van der Waals surface area contributed by atoms with Crippen molar-refractivity contribution in [1.29, 1.82) is 0 Å². The van der Waals surface area contributed by atoms with Crippen LogP contribution in [-0.4, -0.2) is 72.9 Å². The maximum Gasteiger partial charge on any atom is 0.0791 e. The first-order valence-corrected chi connectivity index (χ1v) is 7.37. The van der Waals surface area contributed by atoms with Crippen LogP contribution in [0.15, 0.2) is 0 Å². The molecule has 1 atom stereocenters. The Morgan fingerprint density at radius 2 is 1.94 bits per heavy atom. The van der Waals surface area contributed by atoms with Gasteiger partial charge in [0.2, 0.25) is 0 Å². The zero-order chi connectivity index (χ0) is 13.5. The molecule has 4 heteroatoms. The molecule has 0 saturated carbocycles. The van der Waals surface area contributed by atoms with E-state index in [4.69, 9.17) is 0 Å². The Hall–Kier alpha value is -0.160. The number of nitrogens with zero attached hydrogens (tertiary/aromatic N) is 2. The molecular formula is C14H31N3O. The van der Waals surface area contributed by atoms with Gasteiger partial charge in [-0.05, 0) is 39.5 Å². The Labute approximate surface area is 112 Å². The first kappa shape index (κ1) is 15.9. The van der Waals surface area contributed by atoms with Crippen molar-refractivity contribution >= 4 is 0 Å². The predicted octanol–water partition coefficient (Wildman–Crippen LogP) is 0.761. The minimum absolute atomic E-state index is 0.262. The highest BCUT2D eigenvalue weighted by molar-refractivity contribution is 4.79. The molecule has 1 aliphatic rings. The lowest BCUT2D eigenvalue weighted by Gasteiger charge is -2.37. The third-order valence-electron chi connectivity index (χ3n) is 3.89. The lowest BCUT2D eigenvalue weighted by atomic mass is 10.0. The Morgan fingerprint density at radius 1 is 1.33 bits per heavy atom. The van der Waals surface area contributed by atoms with E-state index < -0.39 is 0 Å². The highest BCUT2D eigenvalue weighted by Gasteiger charge is 2.22. The van der Waals surface area contributed by atoms with Gasteiger partial charge in [-0.3, -0.25) is 0 Å². The van der Waals surface area contributed by atoms with Crippen molar-refractivity contribution in [2.75, 3.05) is 39.8 Å².